The fraction of sp³-hybridized carbons (Fsp3) is 0.692. The van der Waals surface area contributed by atoms with E-state index in [9.17, 15) is 0 Å². The van der Waals surface area contributed by atoms with E-state index in [0.717, 1.165) is 26.1 Å². The van der Waals surface area contributed by atoms with E-state index in [-0.39, 0.29) is 5.54 Å². The molecule has 0 saturated heterocycles. The first-order chi connectivity index (χ1) is 7.51. The molecule has 0 bridgehead atoms. The van der Waals surface area contributed by atoms with Crippen molar-refractivity contribution in [3.8, 4) is 0 Å². The minimum absolute atomic E-state index is 0.0255. The summed E-state index contributed by atoms with van der Waals surface area (Å²) in [6.07, 6.45) is 2.27. The van der Waals surface area contributed by atoms with Gasteiger partial charge in [0.2, 0.25) is 0 Å². The Bertz CT molecular complexity index is 275. The number of thiophene rings is 1. The smallest absolute Gasteiger partial charge is 0.0327 e. The summed E-state index contributed by atoms with van der Waals surface area (Å²) in [5, 5.41) is 2.15. The van der Waals surface area contributed by atoms with E-state index >= 15 is 0 Å². The van der Waals surface area contributed by atoms with Gasteiger partial charge in [0.05, 0.1) is 0 Å². The standard InChI is InChI=1S/C13H24N2S/c1-4-15(9-6-8-13(2,3)14)11-12-7-5-10-16-12/h5,7,10H,4,6,8-9,11,14H2,1-3H3. The first kappa shape index (κ1) is 13.7. The highest BCUT2D eigenvalue weighted by Crippen LogP contribution is 2.13. The first-order valence-electron chi connectivity index (χ1n) is 6.05. The summed E-state index contributed by atoms with van der Waals surface area (Å²) >= 11 is 1.84. The van der Waals surface area contributed by atoms with E-state index < -0.39 is 0 Å². The SMILES string of the molecule is CCN(CCCC(C)(C)N)Cc1cccs1. The van der Waals surface area contributed by atoms with Gasteiger partial charge < -0.3 is 5.73 Å². The van der Waals surface area contributed by atoms with Crippen molar-refractivity contribution in [1.29, 1.82) is 0 Å². The quantitative estimate of drug-likeness (QED) is 0.793. The highest BCUT2D eigenvalue weighted by molar-refractivity contribution is 7.09. The van der Waals surface area contributed by atoms with Crippen molar-refractivity contribution < 1.29 is 0 Å². The Balaban J connectivity index is 2.27. The predicted molar refractivity (Wildman–Crippen MR) is 72.8 cm³/mol. The van der Waals surface area contributed by atoms with Crippen LogP contribution < -0.4 is 5.73 Å². The molecule has 1 rings (SSSR count). The van der Waals surface area contributed by atoms with Crippen LogP contribution in [0, 0.1) is 0 Å². The van der Waals surface area contributed by atoms with Crippen molar-refractivity contribution >= 4 is 11.3 Å². The van der Waals surface area contributed by atoms with E-state index in [1.54, 1.807) is 0 Å². The molecule has 0 spiro atoms. The van der Waals surface area contributed by atoms with E-state index in [2.05, 4.69) is 43.2 Å². The second kappa shape index (κ2) is 6.38. The summed E-state index contributed by atoms with van der Waals surface area (Å²) < 4.78 is 0. The van der Waals surface area contributed by atoms with E-state index in [4.69, 9.17) is 5.73 Å². The number of hydrogen-bond acceptors (Lipinski definition) is 3. The van der Waals surface area contributed by atoms with Crippen molar-refractivity contribution in [3.63, 3.8) is 0 Å². The Morgan fingerprint density at radius 3 is 2.69 bits per heavy atom. The molecule has 0 amide bonds. The molecule has 0 aliphatic rings. The summed E-state index contributed by atoms with van der Waals surface area (Å²) in [4.78, 5) is 3.94. The van der Waals surface area contributed by atoms with Gasteiger partial charge in [0, 0.05) is 17.0 Å². The third-order valence-corrected chi connectivity index (χ3v) is 3.56. The van der Waals surface area contributed by atoms with E-state index in [1.807, 2.05) is 11.3 Å². The first-order valence-corrected chi connectivity index (χ1v) is 6.93. The average molecular weight is 240 g/mol. The summed E-state index contributed by atoms with van der Waals surface area (Å²) in [6.45, 7) is 9.77. The zero-order valence-corrected chi connectivity index (χ0v) is 11.5. The van der Waals surface area contributed by atoms with Gasteiger partial charge in [-0.1, -0.05) is 13.0 Å². The van der Waals surface area contributed by atoms with E-state index in [0.29, 0.717) is 0 Å². The largest absolute Gasteiger partial charge is 0.326 e. The molecule has 1 heterocycles. The molecular weight excluding hydrogens is 216 g/mol. The van der Waals surface area contributed by atoms with Crippen molar-refractivity contribution in [2.45, 2.75) is 45.7 Å². The molecule has 0 aliphatic heterocycles. The van der Waals surface area contributed by atoms with Crippen molar-refractivity contribution in [1.82, 2.24) is 4.90 Å². The molecule has 1 aromatic rings. The molecule has 2 N–H and O–H groups in total. The second-order valence-corrected chi connectivity index (χ2v) is 6.07. The van der Waals surface area contributed by atoms with Crippen LogP contribution in [0.1, 0.15) is 38.5 Å². The van der Waals surface area contributed by atoms with Crippen molar-refractivity contribution in [2.24, 2.45) is 5.73 Å². The molecule has 0 aliphatic carbocycles. The lowest BCUT2D eigenvalue weighted by molar-refractivity contribution is 0.266. The zero-order chi connectivity index (χ0) is 12.0. The monoisotopic (exact) mass is 240 g/mol. The van der Waals surface area contributed by atoms with Gasteiger partial charge in [-0.05, 0) is 51.2 Å². The Labute approximate surface area is 103 Å². The average Bonchev–Trinajstić information content (AvgIpc) is 2.67. The van der Waals surface area contributed by atoms with Gasteiger partial charge in [-0.25, -0.2) is 0 Å². The lowest BCUT2D eigenvalue weighted by Gasteiger charge is -2.23. The minimum Gasteiger partial charge on any atom is -0.326 e. The third-order valence-electron chi connectivity index (χ3n) is 2.70. The van der Waals surface area contributed by atoms with Crippen LogP contribution in [0.15, 0.2) is 17.5 Å². The Hall–Kier alpha value is -0.380. The fourth-order valence-corrected chi connectivity index (χ4v) is 2.48. The number of rotatable bonds is 7. The molecule has 2 nitrogen and oxygen atoms in total. The van der Waals surface area contributed by atoms with Gasteiger partial charge in [0.25, 0.3) is 0 Å². The summed E-state index contributed by atoms with van der Waals surface area (Å²) in [6, 6.07) is 4.33. The minimum atomic E-state index is -0.0255. The maximum absolute atomic E-state index is 5.98. The van der Waals surface area contributed by atoms with Gasteiger partial charge in [0.1, 0.15) is 0 Å². The molecule has 16 heavy (non-hydrogen) atoms. The lowest BCUT2D eigenvalue weighted by Crippen LogP contribution is -2.33. The van der Waals surface area contributed by atoms with Crippen LogP contribution in [0.3, 0.4) is 0 Å². The molecule has 0 aromatic carbocycles. The maximum Gasteiger partial charge on any atom is 0.0327 e. The van der Waals surface area contributed by atoms with Crippen LogP contribution in [-0.2, 0) is 6.54 Å². The van der Waals surface area contributed by atoms with Crippen LogP contribution in [0.2, 0.25) is 0 Å². The Morgan fingerprint density at radius 2 is 2.19 bits per heavy atom. The van der Waals surface area contributed by atoms with Crippen LogP contribution in [0.5, 0.6) is 0 Å². The van der Waals surface area contributed by atoms with Crippen molar-refractivity contribution in [3.05, 3.63) is 22.4 Å². The Morgan fingerprint density at radius 1 is 1.44 bits per heavy atom. The van der Waals surface area contributed by atoms with Gasteiger partial charge >= 0.3 is 0 Å². The van der Waals surface area contributed by atoms with Crippen LogP contribution in [-0.4, -0.2) is 23.5 Å². The fourth-order valence-electron chi connectivity index (χ4n) is 1.73. The molecule has 0 fully saturated rings. The van der Waals surface area contributed by atoms with E-state index in [1.165, 1.54) is 11.3 Å². The molecule has 1 aromatic heterocycles. The zero-order valence-electron chi connectivity index (χ0n) is 10.7. The molecule has 3 heteroatoms. The topological polar surface area (TPSA) is 29.3 Å². The highest BCUT2D eigenvalue weighted by atomic mass is 32.1. The number of nitrogens with two attached hydrogens (primary N) is 1. The van der Waals surface area contributed by atoms with Gasteiger partial charge in [-0.15, -0.1) is 11.3 Å². The maximum atomic E-state index is 5.98. The summed E-state index contributed by atoms with van der Waals surface area (Å²) in [7, 11) is 0. The van der Waals surface area contributed by atoms with Gasteiger partial charge in [-0.2, -0.15) is 0 Å². The lowest BCUT2D eigenvalue weighted by atomic mass is 10.00. The van der Waals surface area contributed by atoms with Gasteiger partial charge in [0.15, 0.2) is 0 Å². The van der Waals surface area contributed by atoms with Crippen LogP contribution in [0.25, 0.3) is 0 Å². The molecular formula is C13H24N2S. The normalized spacial score (nSPS) is 12.3. The van der Waals surface area contributed by atoms with Crippen LogP contribution >= 0.6 is 11.3 Å². The molecule has 92 valence electrons. The summed E-state index contributed by atoms with van der Waals surface area (Å²) in [5.41, 5.74) is 5.96. The van der Waals surface area contributed by atoms with Crippen LogP contribution in [0.4, 0.5) is 0 Å². The molecule has 0 unspecified atom stereocenters. The number of nitrogens with zero attached hydrogens (tertiary/aromatic N) is 1. The Kier molecular flexibility index (Phi) is 5.46. The molecule has 0 saturated carbocycles. The van der Waals surface area contributed by atoms with Gasteiger partial charge in [-0.3, -0.25) is 4.90 Å². The highest BCUT2D eigenvalue weighted by Gasteiger charge is 2.11. The molecule has 0 radical (unpaired) electrons. The molecule has 0 atom stereocenters. The second-order valence-electron chi connectivity index (χ2n) is 5.04. The third kappa shape index (κ3) is 5.64. The summed E-state index contributed by atoms with van der Waals surface area (Å²) in [5.74, 6) is 0. The predicted octanol–water partition coefficient (Wildman–Crippen LogP) is 3.09. The van der Waals surface area contributed by atoms with Crippen molar-refractivity contribution in [2.75, 3.05) is 13.1 Å². The number of hydrogen-bond donors (Lipinski definition) is 1.